The molecule has 3 atom stereocenters. The fraction of sp³-hybridized carbons (Fsp3) is 0.720. The van der Waals surface area contributed by atoms with Gasteiger partial charge in [0.2, 0.25) is 0 Å². The van der Waals surface area contributed by atoms with Crippen LogP contribution in [0.1, 0.15) is 74.1 Å². The van der Waals surface area contributed by atoms with Crippen molar-refractivity contribution in [1.29, 1.82) is 0 Å². The number of unbranched alkanes of at least 4 members (excludes halogenated alkanes) is 3. The molecule has 0 aliphatic rings. The normalized spacial score (nSPS) is 15.2. The van der Waals surface area contributed by atoms with Crippen LogP contribution in [0.4, 0.5) is 5.82 Å². The molecule has 0 amide bonds. The number of aromatic nitrogens is 4. The molecule has 0 saturated carbocycles. The van der Waals surface area contributed by atoms with Crippen LogP contribution in [0.3, 0.4) is 0 Å². The van der Waals surface area contributed by atoms with Crippen molar-refractivity contribution in [2.24, 2.45) is 0 Å². The Bertz CT molecular complexity index is 1140. The lowest BCUT2D eigenvalue weighted by atomic mass is 10.1. The van der Waals surface area contributed by atoms with Crippen LogP contribution < -0.4 is 10.8 Å². The Morgan fingerprint density at radius 3 is 2.51 bits per heavy atom. The summed E-state index contributed by atoms with van der Waals surface area (Å²) in [6.07, 6.45) is 4.25. The number of nitrogens with zero attached hydrogens (tertiary/aromatic N) is 4. The Hall–Kier alpha value is -2.60. The van der Waals surface area contributed by atoms with Crippen molar-refractivity contribution in [3.05, 3.63) is 12.7 Å². The molecule has 220 valence electrons. The summed E-state index contributed by atoms with van der Waals surface area (Å²) in [7, 11) is -3.94. The fourth-order valence-corrected chi connectivity index (χ4v) is 5.82. The number of rotatable bonds is 17. The van der Waals surface area contributed by atoms with E-state index >= 15 is 0 Å². The van der Waals surface area contributed by atoms with Gasteiger partial charge in [-0.2, -0.15) is 0 Å². The first-order valence-corrected chi connectivity index (χ1v) is 15.1. The number of anilines is 1. The van der Waals surface area contributed by atoms with Gasteiger partial charge in [0.15, 0.2) is 17.6 Å². The van der Waals surface area contributed by atoms with E-state index in [1.54, 1.807) is 45.5 Å². The third-order valence-corrected chi connectivity index (χ3v) is 7.66. The minimum absolute atomic E-state index is 0.257. The number of nitrogens with one attached hydrogen (secondary N) is 1. The molecule has 2 rings (SSSR count). The molecule has 2 aromatic heterocycles. The lowest BCUT2D eigenvalue weighted by Crippen LogP contribution is -2.47. The highest BCUT2D eigenvalue weighted by Crippen LogP contribution is 2.46. The van der Waals surface area contributed by atoms with Crippen LogP contribution >= 0.6 is 7.52 Å². The molecule has 14 heteroatoms. The quantitative estimate of drug-likeness (QED) is 0.160. The molecule has 2 heterocycles. The minimum Gasteiger partial charge on any atom is -0.464 e. The van der Waals surface area contributed by atoms with E-state index in [1.807, 2.05) is 0 Å². The van der Waals surface area contributed by atoms with Gasteiger partial charge in [-0.25, -0.2) is 24.8 Å². The summed E-state index contributed by atoms with van der Waals surface area (Å²) in [6, 6.07) is 0. The zero-order valence-electron chi connectivity index (χ0n) is 24.0. The van der Waals surface area contributed by atoms with E-state index in [-0.39, 0.29) is 18.5 Å². The molecule has 13 nitrogen and oxygen atoms in total. The van der Waals surface area contributed by atoms with E-state index < -0.39 is 43.6 Å². The van der Waals surface area contributed by atoms with Gasteiger partial charge in [-0.3, -0.25) is 9.36 Å². The highest BCUT2D eigenvalue weighted by molar-refractivity contribution is 7.56. The van der Waals surface area contributed by atoms with Gasteiger partial charge in [0.25, 0.3) is 7.52 Å². The topological polar surface area (TPSA) is 170 Å². The number of nitrogen functional groups attached to an aromatic ring is 1. The molecule has 0 radical (unpaired) electrons. The van der Waals surface area contributed by atoms with E-state index in [0.717, 1.165) is 25.7 Å². The van der Waals surface area contributed by atoms with Gasteiger partial charge in [0.05, 0.1) is 31.7 Å². The number of fused-ring (bicyclic) bond motifs is 1. The number of hydrogen-bond donors (Lipinski definition) is 2. The van der Waals surface area contributed by atoms with Crippen molar-refractivity contribution in [3.8, 4) is 0 Å². The third kappa shape index (κ3) is 10.1. The molecule has 0 aromatic carbocycles. The number of hydrogen-bond acceptors (Lipinski definition) is 11. The fourth-order valence-electron chi connectivity index (χ4n) is 3.65. The first kappa shape index (κ1) is 32.6. The van der Waals surface area contributed by atoms with Crippen LogP contribution in [0.15, 0.2) is 12.7 Å². The minimum atomic E-state index is -3.94. The van der Waals surface area contributed by atoms with Gasteiger partial charge in [-0.15, -0.1) is 0 Å². The Balaban J connectivity index is 2.12. The zero-order chi connectivity index (χ0) is 29.2. The van der Waals surface area contributed by atoms with Crippen LogP contribution in [0.2, 0.25) is 0 Å². The van der Waals surface area contributed by atoms with E-state index in [2.05, 4.69) is 27.0 Å². The molecule has 3 N–H and O–H groups in total. The van der Waals surface area contributed by atoms with Crippen molar-refractivity contribution in [1.82, 2.24) is 24.6 Å². The number of carbonyl (C=O) groups is 2. The van der Waals surface area contributed by atoms with Gasteiger partial charge in [0, 0.05) is 0 Å². The van der Waals surface area contributed by atoms with Crippen LogP contribution in [-0.4, -0.2) is 68.3 Å². The van der Waals surface area contributed by atoms with Gasteiger partial charge >= 0.3 is 11.9 Å². The van der Waals surface area contributed by atoms with Crippen molar-refractivity contribution in [3.63, 3.8) is 0 Å². The summed E-state index contributed by atoms with van der Waals surface area (Å²) in [6.45, 7) is 12.3. The lowest BCUT2D eigenvalue weighted by molar-refractivity contribution is -0.155. The van der Waals surface area contributed by atoms with Crippen LogP contribution in [0.5, 0.6) is 0 Å². The highest BCUT2D eigenvalue weighted by Gasteiger charge is 2.40. The predicted octanol–water partition coefficient (Wildman–Crippen LogP) is 3.81. The Kier molecular flexibility index (Phi) is 12.3. The summed E-state index contributed by atoms with van der Waals surface area (Å²) in [5.41, 5.74) is 5.47. The number of esters is 2. The van der Waals surface area contributed by atoms with Gasteiger partial charge in [0.1, 0.15) is 23.7 Å². The maximum atomic E-state index is 14.0. The molecule has 0 spiro atoms. The van der Waals surface area contributed by atoms with Crippen molar-refractivity contribution in [2.75, 3.05) is 18.7 Å². The van der Waals surface area contributed by atoms with Gasteiger partial charge in [-0.05, 0) is 48.0 Å². The molecule has 0 saturated heterocycles. The maximum absolute atomic E-state index is 14.0. The first-order chi connectivity index (χ1) is 18.3. The Morgan fingerprint density at radius 1 is 1.13 bits per heavy atom. The second kappa shape index (κ2) is 14.7. The lowest BCUT2D eigenvalue weighted by Gasteiger charge is -2.31. The average molecular weight is 571 g/mol. The largest absolute Gasteiger partial charge is 0.464 e. The van der Waals surface area contributed by atoms with Crippen LogP contribution in [0.25, 0.3) is 11.2 Å². The number of carbonyl (C=O) groups excluding carboxylic acids is 2. The maximum Gasteiger partial charge on any atom is 0.335 e. The van der Waals surface area contributed by atoms with E-state index in [1.165, 1.54) is 13.3 Å². The molecule has 39 heavy (non-hydrogen) atoms. The second-order valence-electron chi connectivity index (χ2n) is 10.3. The van der Waals surface area contributed by atoms with Crippen molar-refractivity contribution >= 4 is 36.4 Å². The molecule has 0 bridgehead atoms. The third-order valence-electron chi connectivity index (χ3n) is 5.62. The van der Waals surface area contributed by atoms with E-state index in [4.69, 9.17) is 24.5 Å². The Labute approximate surface area is 230 Å². The van der Waals surface area contributed by atoms with E-state index in [0.29, 0.717) is 17.7 Å². The molecule has 0 aliphatic heterocycles. The monoisotopic (exact) mass is 570 g/mol. The summed E-state index contributed by atoms with van der Waals surface area (Å²) in [5, 5.41) is 2.78. The molecule has 0 fully saturated rings. The number of nitrogens with two attached hydrogens (primary N) is 1. The molecular formula is C25H43N6O7P. The molecular weight excluding hydrogens is 527 g/mol. The van der Waals surface area contributed by atoms with Crippen LogP contribution in [0, 0.1) is 0 Å². The highest BCUT2D eigenvalue weighted by atomic mass is 31.2. The smallest absolute Gasteiger partial charge is 0.335 e. The second-order valence-corrected chi connectivity index (χ2v) is 12.3. The molecule has 1 unspecified atom stereocenters. The van der Waals surface area contributed by atoms with Crippen LogP contribution in [-0.2, 0) is 39.4 Å². The summed E-state index contributed by atoms with van der Waals surface area (Å²) in [5.74, 6) is -1.01. The number of ether oxygens (including phenoxy) is 3. The summed E-state index contributed by atoms with van der Waals surface area (Å²) >= 11 is 0. The first-order valence-electron chi connectivity index (χ1n) is 13.3. The van der Waals surface area contributed by atoms with E-state index in [9.17, 15) is 14.2 Å². The Morgan fingerprint density at radius 2 is 1.85 bits per heavy atom. The summed E-state index contributed by atoms with van der Waals surface area (Å²) < 4.78 is 37.9. The standard InChI is InChI=1S/C25H43N6O7P/c1-8-9-10-11-12-35-24(33)25(6,7)30-39(34,38-19(5)23(32)37-17(2)3)16-36-18(4)13-31-15-29-20-21(26)27-14-28-22(20)31/h14-15,17-19H,8-13,16H2,1-7H3,(H,30,34)(H2,26,27,28)/t18?,19-,39+/m1/s1. The SMILES string of the molecule is CCCCCCOC(=O)C(C)(C)N[P@](=O)(COC(C)Cn1cnc2c(N)ncnc21)O[C@H](C)C(=O)OC(C)C. The molecule has 0 aliphatic carbocycles. The zero-order valence-corrected chi connectivity index (χ0v) is 24.9. The summed E-state index contributed by atoms with van der Waals surface area (Å²) in [4.78, 5) is 37.6. The van der Waals surface area contributed by atoms with Gasteiger partial charge in [-0.1, -0.05) is 26.2 Å². The van der Waals surface area contributed by atoms with Gasteiger partial charge < -0.3 is 29.0 Å². The molecule has 2 aromatic rings. The average Bonchev–Trinajstić information content (AvgIpc) is 3.25. The predicted molar refractivity (Wildman–Crippen MR) is 147 cm³/mol. The van der Waals surface area contributed by atoms with Crippen molar-refractivity contribution < 1.29 is 32.9 Å². The number of imidazole rings is 1. The van der Waals surface area contributed by atoms with Crippen molar-refractivity contribution in [2.45, 2.75) is 105 Å².